The van der Waals surface area contributed by atoms with Crippen molar-refractivity contribution in [2.45, 2.75) is 38.8 Å². The Labute approximate surface area is 148 Å². The second kappa shape index (κ2) is 9.59. The zero-order chi connectivity index (χ0) is 16.8. The van der Waals surface area contributed by atoms with Gasteiger partial charge in [0, 0.05) is 11.6 Å². The van der Waals surface area contributed by atoms with E-state index < -0.39 is 11.9 Å². The first-order chi connectivity index (χ1) is 11.0. The minimum atomic E-state index is -0.609. The summed E-state index contributed by atoms with van der Waals surface area (Å²) in [6.45, 7) is 5.55. The lowest BCUT2D eigenvalue weighted by molar-refractivity contribution is -0.124. The number of halogens is 2. The van der Waals surface area contributed by atoms with Crippen molar-refractivity contribution >= 4 is 24.2 Å². The first-order valence-electron chi connectivity index (χ1n) is 8.05. The summed E-state index contributed by atoms with van der Waals surface area (Å²) in [6, 6.07) is 4.82. The number of nitrogens with one attached hydrogen (secondary N) is 3. The fourth-order valence-electron chi connectivity index (χ4n) is 2.62. The first kappa shape index (κ1) is 20.4. The van der Waals surface area contributed by atoms with Crippen LogP contribution >= 0.6 is 12.4 Å². The molecule has 0 spiro atoms. The van der Waals surface area contributed by atoms with Crippen molar-refractivity contribution in [3.05, 3.63) is 35.6 Å². The quantitative estimate of drug-likeness (QED) is 0.753. The van der Waals surface area contributed by atoms with Crippen LogP contribution in [0.4, 0.5) is 4.39 Å². The van der Waals surface area contributed by atoms with E-state index in [1.807, 2.05) is 13.8 Å². The van der Waals surface area contributed by atoms with E-state index in [1.54, 1.807) is 0 Å². The van der Waals surface area contributed by atoms with Crippen LogP contribution in [0.15, 0.2) is 24.3 Å². The highest BCUT2D eigenvalue weighted by Gasteiger charge is 2.27. The van der Waals surface area contributed by atoms with Crippen LogP contribution in [0.5, 0.6) is 0 Å². The Kier molecular flexibility index (Phi) is 8.15. The van der Waals surface area contributed by atoms with Crippen molar-refractivity contribution in [3.63, 3.8) is 0 Å². The van der Waals surface area contributed by atoms with Gasteiger partial charge in [0.15, 0.2) is 0 Å². The molecule has 1 aliphatic heterocycles. The molecule has 0 aromatic heterocycles. The minimum Gasteiger partial charge on any atom is -0.351 e. The van der Waals surface area contributed by atoms with Crippen molar-refractivity contribution in [2.24, 2.45) is 5.92 Å². The number of amides is 2. The number of piperidine rings is 1. The van der Waals surface area contributed by atoms with Gasteiger partial charge in [-0.3, -0.25) is 9.59 Å². The Morgan fingerprint density at radius 1 is 1.17 bits per heavy atom. The SMILES string of the molecule is CC(C)C(NC(=O)c1ccc(F)cc1)C(=O)NC1CCNCC1.Cl. The van der Waals surface area contributed by atoms with Gasteiger partial charge >= 0.3 is 0 Å². The van der Waals surface area contributed by atoms with Crippen LogP contribution in [0.3, 0.4) is 0 Å². The van der Waals surface area contributed by atoms with E-state index in [4.69, 9.17) is 0 Å². The number of hydrogen-bond acceptors (Lipinski definition) is 3. The van der Waals surface area contributed by atoms with Gasteiger partial charge in [0.2, 0.25) is 5.91 Å². The summed E-state index contributed by atoms with van der Waals surface area (Å²) in [5.74, 6) is -0.974. The Bertz CT molecular complexity index is 545. The van der Waals surface area contributed by atoms with E-state index in [0.29, 0.717) is 5.56 Å². The molecule has 2 amide bonds. The van der Waals surface area contributed by atoms with Crippen LogP contribution in [0.2, 0.25) is 0 Å². The number of rotatable bonds is 5. The first-order valence-corrected chi connectivity index (χ1v) is 8.05. The molecule has 0 radical (unpaired) electrons. The second-order valence-electron chi connectivity index (χ2n) is 6.23. The molecule has 1 aliphatic rings. The highest BCUT2D eigenvalue weighted by molar-refractivity contribution is 5.97. The van der Waals surface area contributed by atoms with E-state index in [9.17, 15) is 14.0 Å². The van der Waals surface area contributed by atoms with Gasteiger partial charge in [-0.1, -0.05) is 13.8 Å². The number of carbonyl (C=O) groups excluding carboxylic acids is 2. The van der Waals surface area contributed by atoms with E-state index in [0.717, 1.165) is 25.9 Å². The van der Waals surface area contributed by atoms with Gasteiger partial charge in [-0.05, 0) is 56.1 Å². The van der Waals surface area contributed by atoms with Crippen molar-refractivity contribution in [3.8, 4) is 0 Å². The Morgan fingerprint density at radius 3 is 2.29 bits per heavy atom. The molecule has 1 aromatic rings. The van der Waals surface area contributed by atoms with Gasteiger partial charge in [0.1, 0.15) is 11.9 Å². The molecular formula is C17H25ClFN3O2. The van der Waals surface area contributed by atoms with Gasteiger partial charge in [-0.15, -0.1) is 12.4 Å². The number of carbonyl (C=O) groups is 2. The van der Waals surface area contributed by atoms with Gasteiger partial charge in [-0.25, -0.2) is 4.39 Å². The molecule has 5 nitrogen and oxygen atoms in total. The van der Waals surface area contributed by atoms with Crippen LogP contribution in [0.25, 0.3) is 0 Å². The molecule has 1 saturated heterocycles. The van der Waals surface area contributed by atoms with Gasteiger partial charge in [-0.2, -0.15) is 0 Å². The summed E-state index contributed by atoms with van der Waals surface area (Å²) in [5.41, 5.74) is 0.340. The number of benzene rings is 1. The van der Waals surface area contributed by atoms with E-state index in [2.05, 4.69) is 16.0 Å². The molecule has 2 rings (SSSR count). The maximum absolute atomic E-state index is 12.9. The maximum Gasteiger partial charge on any atom is 0.251 e. The highest BCUT2D eigenvalue weighted by atomic mass is 35.5. The Hall–Kier alpha value is -1.66. The van der Waals surface area contributed by atoms with Crippen LogP contribution in [0, 0.1) is 11.7 Å². The maximum atomic E-state index is 12.9. The molecule has 1 fully saturated rings. The predicted octanol–water partition coefficient (Wildman–Crippen LogP) is 1.87. The third-order valence-electron chi connectivity index (χ3n) is 4.03. The minimum absolute atomic E-state index is 0. The molecule has 1 heterocycles. The van der Waals surface area contributed by atoms with Crippen LogP contribution < -0.4 is 16.0 Å². The average Bonchev–Trinajstić information content (AvgIpc) is 2.53. The largest absolute Gasteiger partial charge is 0.351 e. The Morgan fingerprint density at radius 2 is 1.75 bits per heavy atom. The summed E-state index contributed by atoms with van der Waals surface area (Å²) in [7, 11) is 0. The zero-order valence-electron chi connectivity index (χ0n) is 14.0. The van der Waals surface area contributed by atoms with Crippen molar-refractivity contribution in [1.29, 1.82) is 0 Å². The van der Waals surface area contributed by atoms with Crippen molar-refractivity contribution < 1.29 is 14.0 Å². The normalized spacial score (nSPS) is 16.2. The number of hydrogen-bond donors (Lipinski definition) is 3. The Balaban J connectivity index is 0.00000288. The van der Waals surface area contributed by atoms with Crippen LogP contribution in [-0.2, 0) is 4.79 Å². The standard InChI is InChI=1S/C17H24FN3O2.ClH/c1-11(2)15(17(23)20-14-7-9-19-10-8-14)21-16(22)12-3-5-13(18)6-4-12;/h3-6,11,14-15,19H,7-10H2,1-2H3,(H,20,23)(H,21,22);1H. The third-order valence-corrected chi connectivity index (χ3v) is 4.03. The smallest absolute Gasteiger partial charge is 0.251 e. The molecular weight excluding hydrogens is 333 g/mol. The lowest BCUT2D eigenvalue weighted by Crippen LogP contribution is -2.53. The summed E-state index contributed by atoms with van der Waals surface area (Å²) >= 11 is 0. The van der Waals surface area contributed by atoms with Crippen LogP contribution in [0.1, 0.15) is 37.0 Å². The second-order valence-corrected chi connectivity index (χ2v) is 6.23. The van der Waals surface area contributed by atoms with E-state index in [-0.39, 0.29) is 36.2 Å². The average molecular weight is 358 g/mol. The molecule has 1 atom stereocenters. The molecule has 0 bridgehead atoms. The van der Waals surface area contributed by atoms with E-state index in [1.165, 1.54) is 24.3 Å². The lowest BCUT2D eigenvalue weighted by atomic mass is 10.0. The summed E-state index contributed by atoms with van der Waals surface area (Å²) < 4.78 is 12.9. The lowest BCUT2D eigenvalue weighted by Gasteiger charge is -2.28. The fourth-order valence-corrected chi connectivity index (χ4v) is 2.62. The van der Waals surface area contributed by atoms with Gasteiger partial charge in [0.25, 0.3) is 5.91 Å². The van der Waals surface area contributed by atoms with Crippen molar-refractivity contribution in [1.82, 2.24) is 16.0 Å². The van der Waals surface area contributed by atoms with Crippen LogP contribution in [-0.4, -0.2) is 37.0 Å². The van der Waals surface area contributed by atoms with E-state index >= 15 is 0 Å². The summed E-state index contributed by atoms with van der Waals surface area (Å²) in [4.78, 5) is 24.7. The molecule has 3 N–H and O–H groups in total. The van der Waals surface area contributed by atoms with Gasteiger partial charge < -0.3 is 16.0 Å². The fraction of sp³-hybridized carbons (Fsp3) is 0.529. The topological polar surface area (TPSA) is 70.2 Å². The zero-order valence-corrected chi connectivity index (χ0v) is 14.8. The summed E-state index contributed by atoms with van der Waals surface area (Å²) in [6.07, 6.45) is 1.78. The van der Waals surface area contributed by atoms with Crippen molar-refractivity contribution in [2.75, 3.05) is 13.1 Å². The molecule has 0 aliphatic carbocycles. The third kappa shape index (κ3) is 5.76. The highest BCUT2D eigenvalue weighted by Crippen LogP contribution is 2.09. The molecule has 24 heavy (non-hydrogen) atoms. The molecule has 7 heteroatoms. The molecule has 134 valence electrons. The molecule has 1 unspecified atom stereocenters. The summed E-state index contributed by atoms with van der Waals surface area (Å²) in [5, 5.41) is 9.01. The van der Waals surface area contributed by atoms with Gasteiger partial charge in [0.05, 0.1) is 0 Å². The monoisotopic (exact) mass is 357 g/mol. The predicted molar refractivity (Wildman–Crippen MR) is 93.8 cm³/mol. The molecule has 0 saturated carbocycles. The molecule has 1 aromatic carbocycles.